The van der Waals surface area contributed by atoms with E-state index in [1.54, 1.807) is 14.2 Å². The fourth-order valence-corrected chi connectivity index (χ4v) is 1.88. The van der Waals surface area contributed by atoms with Gasteiger partial charge in [-0.15, -0.1) is 0 Å². The molecular weight excluding hydrogens is 216 g/mol. The molecule has 2 rings (SSSR count). The molecule has 4 nitrogen and oxygen atoms in total. The molecule has 1 aliphatic rings. The Bertz CT molecular complexity index is 416. The van der Waals surface area contributed by atoms with Gasteiger partial charge in [-0.25, -0.2) is 0 Å². The molecule has 1 aromatic rings. The molecule has 0 aromatic heterocycles. The van der Waals surface area contributed by atoms with Gasteiger partial charge in [0.2, 0.25) is 0 Å². The van der Waals surface area contributed by atoms with Gasteiger partial charge in [0.25, 0.3) is 0 Å². The first kappa shape index (κ1) is 11.8. The van der Waals surface area contributed by atoms with Crippen molar-refractivity contribution in [2.75, 3.05) is 20.8 Å². The third kappa shape index (κ3) is 2.90. The minimum atomic E-state index is 0.742. The first-order chi connectivity index (χ1) is 8.33. The van der Waals surface area contributed by atoms with Crippen LogP contribution in [0.1, 0.15) is 18.4 Å². The number of rotatable bonds is 4. The quantitative estimate of drug-likeness (QED) is 0.866. The van der Waals surface area contributed by atoms with Crippen LogP contribution in [-0.2, 0) is 6.54 Å². The van der Waals surface area contributed by atoms with Crippen molar-refractivity contribution < 1.29 is 9.47 Å². The van der Waals surface area contributed by atoms with Crippen molar-refractivity contribution in [1.82, 2.24) is 5.32 Å². The van der Waals surface area contributed by atoms with E-state index >= 15 is 0 Å². The molecule has 92 valence electrons. The van der Waals surface area contributed by atoms with Gasteiger partial charge in [-0.05, 0) is 18.6 Å². The second kappa shape index (κ2) is 5.57. The van der Waals surface area contributed by atoms with Gasteiger partial charge < -0.3 is 14.8 Å². The summed E-state index contributed by atoms with van der Waals surface area (Å²) in [5.41, 5.74) is 1.11. The molecule has 0 amide bonds. The van der Waals surface area contributed by atoms with Crippen LogP contribution >= 0.6 is 0 Å². The van der Waals surface area contributed by atoms with Gasteiger partial charge in [-0.3, -0.25) is 4.99 Å². The molecule has 0 bridgehead atoms. The molecule has 17 heavy (non-hydrogen) atoms. The lowest BCUT2D eigenvalue weighted by molar-refractivity contribution is 0.390. The van der Waals surface area contributed by atoms with Gasteiger partial charge in [0.05, 0.1) is 20.1 Å². The van der Waals surface area contributed by atoms with Crippen molar-refractivity contribution in [3.63, 3.8) is 0 Å². The van der Waals surface area contributed by atoms with Gasteiger partial charge in [0.1, 0.15) is 11.5 Å². The zero-order valence-corrected chi connectivity index (χ0v) is 10.3. The van der Waals surface area contributed by atoms with Crippen LogP contribution in [0.25, 0.3) is 0 Å². The van der Waals surface area contributed by atoms with Gasteiger partial charge in [0.15, 0.2) is 0 Å². The minimum absolute atomic E-state index is 0.742. The summed E-state index contributed by atoms with van der Waals surface area (Å²) in [6.45, 7) is 1.69. The Morgan fingerprint density at radius 3 is 2.82 bits per heavy atom. The van der Waals surface area contributed by atoms with Crippen molar-refractivity contribution in [2.45, 2.75) is 19.4 Å². The van der Waals surface area contributed by atoms with E-state index in [-0.39, 0.29) is 0 Å². The third-order valence-electron chi connectivity index (χ3n) is 2.85. The van der Waals surface area contributed by atoms with Crippen molar-refractivity contribution in [3.8, 4) is 11.5 Å². The maximum Gasteiger partial charge on any atom is 0.127 e. The lowest BCUT2D eigenvalue weighted by atomic mass is 10.2. The molecule has 1 aliphatic heterocycles. The number of nitrogens with zero attached hydrogens (tertiary/aromatic N) is 1. The number of ether oxygens (including phenoxy) is 2. The van der Waals surface area contributed by atoms with Gasteiger partial charge >= 0.3 is 0 Å². The average Bonchev–Trinajstić information content (AvgIpc) is 2.89. The zero-order valence-electron chi connectivity index (χ0n) is 10.3. The van der Waals surface area contributed by atoms with Crippen molar-refractivity contribution in [1.29, 1.82) is 0 Å². The highest BCUT2D eigenvalue weighted by atomic mass is 16.5. The highest BCUT2D eigenvalue weighted by Crippen LogP contribution is 2.24. The summed E-state index contributed by atoms with van der Waals surface area (Å²) in [4.78, 5) is 4.38. The number of hydrogen-bond donors (Lipinski definition) is 1. The van der Waals surface area contributed by atoms with Crippen LogP contribution < -0.4 is 14.8 Å². The fourth-order valence-electron chi connectivity index (χ4n) is 1.88. The first-order valence-corrected chi connectivity index (χ1v) is 5.81. The van der Waals surface area contributed by atoms with E-state index in [4.69, 9.17) is 9.47 Å². The Kier molecular flexibility index (Phi) is 3.85. The summed E-state index contributed by atoms with van der Waals surface area (Å²) in [5, 5.41) is 3.34. The maximum absolute atomic E-state index is 5.34. The van der Waals surface area contributed by atoms with E-state index in [0.717, 1.165) is 48.8 Å². The number of nitrogens with one attached hydrogen (secondary N) is 1. The van der Waals surface area contributed by atoms with Crippen LogP contribution in [0.15, 0.2) is 23.2 Å². The standard InChI is InChI=1S/C13H18N2O2/c1-16-11-6-5-10(12(8-11)17-2)9-15-13-4-3-7-14-13/h5-6,8H,3-4,7,9H2,1-2H3,(H,14,15). The van der Waals surface area contributed by atoms with E-state index < -0.39 is 0 Å². The average molecular weight is 234 g/mol. The molecule has 0 saturated heterocycles. The molecule has 1 heterocycles. The molecular formula is C13H18N2O2. The Balaban J connectivity index is 2.04. The van der Waals surface area contributed by atoms with E-state index in [0.29, 0.717) is 0 Å². The van der Waals surface area contributed by atoms with Crippen LogP contribution in [0.3, 0.4) is 0 Å². The zero-order chi connectivity index (χ0) is 12.1. The van der Waals surface area contributed by atoms with Crippen molar-refractivity contribution >= 4 is 5.84 Å². The summed E-state index contributed by atoms with van der Waals surface area (Å²) in [5.74, 6) is 2.75. The smallest absolute Gasteiger partial charge is 0.127 e. The molecule has 0 fully saturated rings. The summed E-state index contributed by atoms with van der Waals surface area (Å²) in [6, 6.07) is 5.85. The second-order valence-electron chi connectivity index (χ2n) is 3.96. The van der Waals surface area contributed by atoms with Crippen LogP contribution in [0, 0.1) is 0 Å². The Morgan fingerprint density at radius 1 is 1.29 bits per heavy atom. The van der Waals surface area contributed by atoms with E-state index in [9.17, 15) is 0 Å². The van der Waals surface area contributed by atoms with E-state index in [2.05, 4.69) is 10.3 Å². The molecule has 0 unspecified atom stereocenters. The van der Waals surface area contributed by atoms with Crippen molar-refractivity contribution in [3.05, 3.63) is 23.8 Å². The molecule has 0 saturated carbocycles. The third-order valence-corrected chi connectivity index (χ3v) is 2.85. The fraction of sp³-hybridized carbons (Fsp3) is 0.462. The molecule has 0 aliphatic carbocycles. The SMILES string of the molecule is COc1ccc(CNC2=NCCC2)c(OC)c1. The minimum Gasteiger partial charge on any atom is -0.497 e. The molecule has 0 radical (unpaired) electrons. The largest absolute Gasteiger partial charge is 0.497 e. The molecule has 1 N–H and O–H groups in total. The van der Waals surface area contributed by atoms with Crippen LogP contribution in [0.4, 0.5) is 0 Å². The topological polar surface area (TPSA) is 42.8 Å². The van der Waals surface area contributed by atoms with Crippen molar-refractivity contribution in [2.24, 2.45) is 4.99 Å². The van der Waals surface area contributed by atoms with Crippen LogP contribution in [0.2, 0.25) is 0 Å². The second-order valence-corrected chi connectivity index (χ2v) is 3.96. The molecule has 0 atom stereocenters. The Labute approximate surface area is 102 Å². The monoisotopic (exact) mass is 234 g/mol. The number of amidine groups is 1. The lowest BCUT2D eigenvalue weighted by Crippen LogP contribution is -2.20. The number of hydrogen-bond acceptors (Lipinski definition) is 4. The molecule has 0 spiro atoms. The highest BCUT2D eigenvalue weighted by Gasteiger charge is 2.08. The normalized spacial score (nSPS) is 14.4. The van der Waals surface area contributed by atoms with Crippen LogP contribution in [0.5, 0.6) is 11.5 Å². The predicted molar refractivity (Wildman–Crippen MR) is 67.9 cm³/mol. The lowest BCUT2D eigenvalue weighted by Gasteiger charge is -2.11. The van der Waals surface area contributed by atoms with E-state index in [1.807, 2.05) is 18.2 Å². The summed E-state index contributed by atoms with van der Waals surface area (Å²) in [7, 11) is 3.32. The maximum atomic E-state index is 5.34. The number of methoxy groups -OCH3 is 2. The van der Waals surface area contributed by atoms with E-state index in [1.165, 1.54) is 0 Å². The van der Waals surface area contributed by atoms with Crippen LogP contribution in [-0.4, -0.2) is 26.6 Å². The molecule has 1 aromatic carbocycles. The first-order valence-electron chi connectivity index (χ1n) is 5.81. The highest BCUT2D eigenvalue weighted by molar-refractivity contribution is 5.83. The molecule has 4 heteroatoms. The summed E-state index contributed by atoms with van der Waals surface area (Å²) >= 11 is 0. The van der Waals surface area contributed by atoms with Gasteiger partial charge in [0, 0.05) is 31.1 Å². The van der Waals surface area contributed by atoms with Gasteiger partial charge in [-0.1, -0.05) is 0 Å². The Hall–Kier alpha value is -1.71. The Morgan fingerprint density at radius 2 is 2.18 bits per heavy atom. The predicted octanol–water partition coefficient (Wildman–Crippen LogP) is 1.99. The summed E-state index contributed by atoms with van der Waals surface area (Å²) in [6.07, 6.45) is 2.21. The summed E-state index contributed by atoms with van der Waals surface area (Å²) < 4.78 is 10.5. The number of benzene rings is 1. The van der Waals surface area contributed by atoms with Gasteiger partial charge in [-0.2, -0.15) is 0 Å². The number of aliphatic imine (C=N–C) groups is 1.